The van der Waals surface area contributed by atoms with Crippen LogP contribution in [0, 0.1) is 0 Å². The van der Waals surface area contributed by atoms with Gasteiger partial charge >= 0.3 is 0 Å². The van der Waals surface area contributed by atoms with Crippen LogP contribution in [-0.4, -0.2) is 20.6 Å². The van der Waals surface area contributed by atoms with Gasteiger partial charge in [-0.05, 0) is 66.8 Å². The Kier molecular flexibility index (Phi) is 6.98. The molecule has 4 rings (SSSR count). The van der Waals surface area contributed by atoms with E-state index in [-0.39, 0.29) is 18.5 Å². The van der Waals surface area contributed by atoms with E-state index in [1.54, 1.807) is 42.5 Å². The number of nitrogens with one attached hydrogen (secondary N) is 1. The maximum absolute atomic E-state index is 12.9. The van der Waals surface area contributed by atoms with Crippen LogP contribution < -0.4 is 9.62 Å². The lowest BCUT2D eigenvalue weighted by molar-refractivity contribution is 0.0932. The lowest BCUT2D eigenvalue weighted by atomic mass is 9.87. The monoisotopic (exact) mass is 502 g/mol. The Morgan fingerprint density at radius 1 is 1.00 bits per heavy atom. The molecule has 0 bridgehead atoms. The fourth-order valence-corrected chi connectivity index (χ4v) is 5.54. The number of sulfonamides is 1. The average molecular weight is 503 g/mol. The molecule has 1 N–H and O–H groups in total. The number of rotatable bonds is 6. The van der Waals surface area contributed by atoms with E-state index in [9.17, 15) is 13.2 Å². The number of halogens is 2. The summed E-state index contributed by atoms with van der Waals surface area (Å²) in [5.41, 5.74) is 3.84. The van der Waals surface area contributed by atoms with Gasteiger partial charge in [0.25, 0.3) is 5.91 Å². The van der Waals surface area contributed by atoms with Crippen LogP contribution in [0.3, 0.4) is 0 Å². The fraction of sp³-hybridized carbons (Fsp3) is 0.240. The SMILES string of the molecule is CS(=O)(=O)N(Cc1c(Cl)cccc1Cl)c1ccc(C(=O)N[C@H]2CCCc3ccccc32)cc1. The molecule has 0 unspecified atom stereocenters. The van der Waals surface area contributed by atoms with Crippen LogP contribution in [0.1, 0.15) is 45.9 Å². The Hall–Kier alpha value is -2.54. The van der Waals surface area contributed by atoms with Gasteiger partial charge in [-0.25, -0.2) is 8.42 Å². The van der Waals surface area contributed by atoms with Gasteiger partial charge in [-0.2, -0.15) is 0 Å². The summed E-state index contributed by atoms with van der Waals surface area (Å²) < 4.78 is 26.3. The van der Waals surface area contributed by atoms with E-state index in [0.717, 1.165) is 31.1 Å². The molecule has 0 spiro atoms. The molecule has 1 aliphatic carbocycles. The van der Waals surface area contributed by atoms with Gasteiger partial charge in [-0.15, -0.1) is 0 Å². The molecular formula is C25H24Cl2N2O3S. The Labute approximate surface area is 204 Å². The van der Waals surface area contributed by atoms with Crippen molar-refractivity contribution in [1.29, 1.82) is 0 Å². The summed E-state index contributed by atoms with van der Waals surface area (Å²) in [6.45, 7) is -0.0122. The number of fused-ring (bicyclic) bond motifs is 1. The number of aryl methyl sites for hydroxylation is 1. The van der Waals surface area contributed by atoms with Crippen LogP contribution in [0.15, 0.2) is 66.7 Å². The first-order valence-corrected chi connectivity index (χ1v) is 13.2. The van der Waals surface area contributed by atoms with Crippen molar-refractivity contribution in [3.8, 4) is 0 Å². The van der Waals surface area contributed by atoms with Crippen LogP contribution in [-0.2, 0) is 23.0 Å². The number of nitrogens with zero attached hydrogens (tertiary/aromatic N) is 1. The molecule has 0 radical (unpaired) electrons. The number of hydrogen-bond donors (Lipinski definition) is 1. The largest absolute Gasteiger partial charge is 0.345 e. The van der Waals surface area contributed by atoms with Gasteiger partial charge < -0.3 is 5.32 Å². The Morgan fingerprint density at radius 2 is 1.67 bits per heavy atom. The van der Waals surface area contributed by atoms with E-state index in [2.05, 4.69) is 17.4 Å². The van der Waals surface area contributed by atoms with Crippen LogP contribution in [0.25, 0.3) is 0 Å². The van der Waals surface area contributed by atoms with Crippen molar-refractivity contribution in [2.45, 2.75) is 31.8 Å². The highest BCUT2D eigenvalue weighted by Gasteiger charge is 2.23. The minimum atomic E-state index is -3.62. The molecular weight excluding hydrogens is 479 g/mol. The second kappa shape index (κ2) is 9.75. The summed E-state index contributed by atoms with van der Waals surface area (Å²) in [5, 5.41) is 3.90. The van der Waals surface area contributed by atoms with Crippen molar-refractivity contribution in [3.63, 3.8) is 0 Å². The molecule has 33 heavy (non-hydrogen) atoms. The normalized spacial score (nSPS) is 15.5. The van der Waals surface area contributed by atoms with E-state index in [1.165, 1.54) is 9.87 Å². The van der Waals surface area contributed by atoms with Crippen molar-refractivity contribution in [2.24, 2.45) is 0 Å². The number of carbonyl (C=O) groups is 1. The summed E-state index contributed by atoms with van der Waals surface area (Å²) in [7, 11) is -3.62. The van der Waals surface area contributed by atoms with Gasteiger partial charge in [0.05, 0.1) is 24.5 Å². The van der Waals surface area contributed by atoms with Crippen molar-refractivity contribution >= 4 is 44.8 Å². The van der Waals surface area contributed by atoms with Gasteiger partial charge in [-0.1, -0.05) is 53.5 Å². The van der Waals surface area contributed by atoms with E-state index in [0.29, 0.717) is 26.9 Å². The first-order chi connectivity index (χ1) is 15.7. The number of hydrogen-bond acceptors (Lipinski definition) is 3. The van der Waals surface area contributed by atoms with Crippen molar-refractivity contribution in [2.75, 3.05) is 10.6 Å². The molecule has 0 fully saturated rings. The van der Waals surface area contributed by atoms with Crippen LogP contribution >= 0.6 is 23.2 Å². The third-order valence-electron chi connectivity index (χ3n) is 5.86. The molecule has 1 amide bonds. The number of carbonyl (C=O) groups excluding carboxylic acids is 1. The summed E-state index contributed by atoms with van der Waals surface area (Å²) in [4.78, 5) is 12.9. The third-order valence-corrected chi connectivity index (χ3v) is 7.70. The molecule has 1 atom stereocenters. The lowest BCUT2D eigenvalue weighted by Gasteiger charge is -2.26. The molecule has 5 nitrogen and oxygen atoms in total. The maximum atomic E-state index is 12.9. The smallest absolute Gasteiger partial charge is 0.251 e. The van der Waals surface area contributed by atoms with E-state index in [1.807, 2.05) is 12.1 Å². The van der Waals surface area contributed by atoms with Gasteiger partial charge in [0.2, 0.25) is 10.0 Å². The van der Waals surface area contributed by atoms with E-state index in [4.69, 9.17) is 23.2 Å². The lowest BCUT2D eigenvalue weighted by Crippen LogP contribution is -2.31. The van der Waals surface area contributed by atoms with E-state index < -0.39 is 10.0 Å². The molecule has 0 heterocycles. The molecule has 8 heteroatoms. The zero-order valence-corrected chi connectivity index (χ0v) is 20.4. The molecule has 3 aromatic rings. The van der Waals surface area contributed by atoms with E-state index >= 15 is 0 Å². The standard InChI is InChI=1S/C25H24Cl2N2O3S/c1-33(31,32)29(16-21-22(26)9-5-10-23(21)27)19-14-12-18(13-15-19)25(30)28-24-11-4-7-17-6-2-3-8-20(17)24/h2-3,5-6,8-10,12-15,24H,4,7,11,16H2,1H3,(H,28,30)/t24-/m0/s1. The van der Waals surface area contributed by atoms with Gasteiger partial charge in [0, 0.05) is 21.2 Å². The second-order valence-electron chi connectivity index (χ2n) is 8.13. The summed E-state index contributed by atoms with van der Waals surface area (Å²) in [5.74, 6) is -0.191. The summed E-state index contributed by atoms with van der Waals surface area (Å²) in [6.07, 6.45) is 4.06. The Balaban J connectivity index is 1.54. The molecule has 0 aliphatic heterocycles. The molecule has 1 aliphatic rings. The Morgan fingerprint density at radius 3 is 2.33 bits per heavy atom. The summed E-state index contributed by atoms with van der Waals surface area (Å²) >= 11 is 12.5. The molecule has 3 aromatic carbocycles. The quantitative estimate of drug-likeness (QED) is 0.465. The van der Waals surface area contributed by atoms with Crippen LogP contribution in [0.2, 0.25) is 10.0 Å². The predicted molar refractivity (Wildman–Crippen MR) is 134 cm³/mol. The number of anilines is 1. The molecule has 0 saturated carbocycles. The number of benzene rings is 3. The molecule has 172 valence electrons. The van der Waals surface area contributed by atoms with Crippen LogP contribution in [0.4, 0.5) is 5.69 Å². The zero-order valence-electron chi connectivity index (χ0n) is 18.1. The van der Waals surface area contributed by atoms with Gasteiger partial charge in [0.1, 0.15) is 0 Å². The Bertz CT molecular complexity index is 1260. The van der Waals surface area contributed by atoms with Crippen molar-refractivity contribution in [3.05, 3.63) is 99.0 Å². The minimum Gasteiger partial charge on any atom is -0.345 e. The highest BCUT2D eigenvalue weighted by atomic mass is 35.5. The highest BCUT2D eigenvalue weighted by Crippen LogP contribution is 2.31. The third kappa shape index (κ3) is 5.35. The minimum absolute atomic E-state index is 0.0122. The highest BCUT2D eigenvalue weighted by molar-refractivity contribution is 7.92. The number of amides is 1. The first-order valence-electron chi connectivity index (χ1n) is 10.6. The zero-order chi connectivity index (χ0) is 23.6. The summed E-state index contributed by atoms with van der Waals surface area (Å²) in [6, 6.07) is 19.7. The topological polar surface area (TPSA) is 66.5 Å². The van der Waals surface area contributed by atoms with Crippen LogP contribution in [0.5, 0.6) is 0 Å². The maximum Gasteiger partial charge on any atom is 0.251 e. The fourth-order valence-electron chi connectivity index (χ4n) is 4.15. The van der Waals surface area contributed by atoms with Crippen molar-refractivity contribution in [1.82, 2.24) is 5.32 Å². The van der Waals surface area contributed by atoms with Gasteiger partial charge in [0.15, 0.2) is 0 Å². The second-order valence-corrected chi connectivity index (χ2v) is 10.9. The molecule has 0 aromatic heterocycles. The predicted octanol–water partition coefficient (Wildman–Crippen LogP) is 5.77. The molecule has 0 saturated heterocycles. The van der Waals surface area contributed by atoms with Crippen molar-refractivity contribution < 1.29 is 13.2 Å². The average Bonchev–Trinajstić information content (AvgIpc) is 2.78. The first kappa shape index (κ1) is 23.6. The van der Waals surface area contributed by atoms with Gasteiger partial charge in [-0.3, -0.25) is 9.10 Å².